The molecule has 74 valence electrons. The second-order valence-corrected chi connectivity index (χ2v) is 4.15. The van der Waals surface area contributed by atoms with Crippen LogP contribution in [0.15, 0.2) is 24.5 Å². The average molecular weight is 190 g/mol. The standard InChI is InChI=1S/C11H14N2O/c1-3-12-4-2-8(1)13-5-9-10-6-14-7-11(9)10/h1-4,9-11H,5-7H2,(H,12,13). The first-order valence-electron chi connectivity index (χ1n) is 5.17. The van der Waals surface area contributed by atoms with E-state index in [1.807, 2.05) is 24.5 Å². The molecule has 3 nitrogen and oxygen atoms in total. The van der Waals surface area contributed by atoms with Crippen LogP contribution in [-0.4, -0.2) is 24.7 Å². The van der Waals surface area contributed by atoms with Crippen LogP contribution in [0.2, 0.25) is 0 Å². The van der Waals surface area contributed by atoms with Gasteiger partial charge in [-0.15, -0.1) is 0 Å². The van der Waals surface area contributed by atoms with E-state index in [0.717, 1.165) is 37.5 Å². The first-order valence-corrected chi connectivity index (χ1v) is 5.17. The van der Waals surface area contributed by atoms with Gasteiger partial charge in [0, 0.05) is 24.6 Å². The van der Waals surface area contributed by atoms with E-state index in [-0.39, 0.29) is 0 Å². The van der Waals surface area contributed by atoms with Gasteiger partial charge in [0.15, 0.2) is 0 Å². The Hall–Kier alpha value is -1.09. The van der Waals surface area contributed by atoms with Crippen molar-refractivity contribution < 1.29 is 4.74 Å². The lowest BCUT2D eigenvalue weighted by molar-refractivity contribution is 0.153. The molecule has 0 spiro atoms. The van der Waals surface area contributed by atoms with Crippen LogP contribution in [0.1, 0.15) is 0 Å². The zero-order chi connectivity index (χ0) is 9.38. The lowest BCUT2D eigenvalue weighted by Gasteiger charge is -2.07. The Bertz CT molecular complexity index is 304. The van der Waals surface area contributed by atoms with Crippen molar-refractivity contribution in [3.63, 3.8) is 0 Å². The number of hydrogen-bond acceptors (Lipinski definition) is 3. The second-order valence-electron chi connectivity index (χ2n) is 4.15. The molecule has 2 aliphatic rings. The average Bonchev–Trinajstić information content (AvgIpc) is 2.69. The van der Waals surface area contributed by atoms with E-state index in [1.54, 1.807) is 0 Å². The highest BCUT2D eigenvalue weighted by atomic mass is 16.5. The molecule has 1 aromatic heterocycles. The molecule has 2 unspecified atom stereocenters. The number of nitrogens with one attached hydrogen (secondary N) is 1. The van der Waals surface area contributed by atoms with Gasteiger partial charge in [0.2, 0.25) is 0 Å². The lowest BCUT2D eigenvalue weighted by Crippen LogP contribution is -2.09. The van der Waals surface area contributed by atoms with Gasteiger partial charge in [0.05, 0.1) is 13.2 Å². The number of ether oxygens (including phenoxy) is 1. The van der Waals surface area contributed by atoms with Gasteiger partial charge in [-0.05, 0) is 29.9 Å². The topological polar surface area (TPSA) is 34.1 Å². The van der Waals surface area contributed by atoms with Crippen molar-refractivity contribution in [3.8, 4) is 0 Å². The normalized spacial score (nSPS) is 33.9. The Balaban J connectivity index is 1.52. The van der Waals surface area contributed by atoms with Crippen LogP contribution in [-0.2, 0) is 4.74 Å². The van der Waals surface area contributed by atoms with Crippen LogP contribution in [0.25, 0.3) is 0 Å². The van der Waals surface area contributed by atoms with Crippen molar-refractivity contribution >= 4 is 5.69 Å². The predicted octanol–water partition coefficient (Wildman–Crippen LogP) is 1.39. The van der Waals surface area contributed by atoms with Crippen LogP contribution in [0.5, 0.6) is 0 Å². The molecule has 2 atom stereocenters. The zero-order valence-corrected chi connectivity index (χ0v) is 8.02. The van der Waals surface area contributed by atoms with Gasteiger partial charge in [-0.3, -0.25) is 4.98 Å². The number of pyridine rings is 1. The Morgan fingerprint density at radius 3 is 2.71 bits per heavy atom. The molecule has 2 heterocycles. The third-order valence-electron chi connectivity index (χ3n) is 3.35. The molecule has 0 bridgehead atoms. The highest BCUT2D eigenvalue weighted by Crippen LogP contribution is 2.50. The maximum absolute atomic E-state index is 5.35. The molecular weight excluding hydrogens is 176 g/mol. The third-order valence-corrected chi connectivity index (χ3v) is 3.35. The summed E-state index contributed by atoms with van der Waals surface area (Å²) in [4.78, 5) is 3.99. The molecule has 2 fully saturated rings. The van der Waals surface area contributed by atoms with Gasteiger partial charge in [0.25, 0.3) is 0 Å². The summed E-state index contributed by atoms with van der Waals surface area (Å²) < 4.78 is 5.35. The minimum Gasteiger partial charge on any atom is -0.385 e. The summed E-state index contributed by atoms with van der Waals surface area (Å²) in [6.07, 6.45) is 3.64. The quantitative estimate of drug-likeness (QED) is 0.782. The van der Waals surface area contributed by atoms with Crippen molar-refractivity contribution in [1.29, 1.82) is 0 Å². The molecule has 14 heavy (non-hydrogen) atoms. The van der Waals surface area contributed by atoms with Crippen molar-refractivity contribution in [2.75, 3.05) is 25.1 Å². The fourth-order valence-electron chi connectivity index (χ4n) is 2.37. The number of aromatic nitrogens is 1. The van der Waals surface area contributed by atoms with Gasteiger partial charge >= 0.3 is 0 Å². The summed E-state index contributed by atoms with van der Waals surface area (Å²) >= 11 is 0. The molecular formula is C11H14N2O. The first kappa shape index (κ1) is 8.24. The predicted molar refractivity (Wildman–Crippen MR) is 54.0 cm³/mol. The number of nitrogens with zero attached hydrogens (tertiary/aromatic N) is 1. The van der Waals surface area contributed by atoms with Crippen molar-refractivity contribution in [3.05, 3.63) is 24.5 Å². The molecule has 1 aromatic rings. The van der Waals surface area contributed by atoms with Crippen LogP contribution < -0.4 is 5.32 Å². The van der Waals surface area contributed by atoms with Crippen molar-refractivity contribution in [2.45, 2.75) is 0 Å². The Morgan fingerprint density at radius 2 is 2.00 bits per heavy atom. The summed E-state index contributed by atoms with van der Waals surface area (Å²) in [5.74, 6) is 2.52. The van der Waals surface area contributed by atoms with Crippen LogP contribution in [0.3, 0.4) is 0 Å². The zero-order valence-electron chi connectivity index (χ0n) is 8.02. The highest BCUT2D eigenvalue weighted by molar-refractivity contribution is 5.41. The summed E-state index contributed by atoms with van der Waals surface area (Å²) in [6, 6.07) is 4.02. The summed E-state index contributed by atoms with van der Waals surface area (Å²) in [6.45, 7) is 3.05. The first-order chi connectivity index (χ1) is 6.95. The maximum Gasteiger partial charge on any atom is 0.0501 e. The summed E-state index contributed by atoms with van der Waals surface area (Å²) in [5.41, 5.74) is 1.17. The highest BCUT2D eigenvalue weighted by Gasteiger charge is 2.53. The van der Waals surface area contributed by atoms with Gasteiger partial charge in [-0.25, -0.2) is 0 Å². The SMILES string of the molecule is c1cc(NCC2C3COCC23)ccn1. The Kier molecular flexibility index (Phi) is 1.91. The third kappa shape index (κ3) is 1.38. The lowest BCUT2D eigenvalue weighted by atomic mass is 10.3. The molecule has 3 heteroatoms. The number of anilines is 1. The molecule has 0 radical (unpaired) electrons. The maximum atomic E-state index is 5.35. The monoisotopic (exact) mass is 190 g/mol. The van der Waals surface area contributed by atoms with E-state index in [1.165, 1.54) is 5.69 Å². The second kappa shape index (κ2) is 3.24. The molecule has 1 aliphatic carbocycles. The minimum absolute atomic E-state index is 0.837. The van der Waals surface area contributed by atoms with E-state index in [0.29, 0.717) is 0 Å². The molecule has 1 saturated heterocycles. The van der Waals surface area contributed by atoms with E-state index in [2.05, 4.69) is 10.3 Å². The molecule has 0 amide bonds. The van der Waals surface area contributed by atoms with Gasteiger partial charge < -0.3 is 10.1 Å². The summed E-state index contributed by atoms with van der Waals surface area (Å²) in [7, 11) is 0. The van der Waals surface area contributed by atoms with Crippen LogP contribution in [0, 0.1) is 17.8 Å². The smallest absolute Gasteiger partial charge is 0.0501 e. The fraction of sp³-hybridized carbons (Fsp3) is 0.545. The van der Waals surface area contributed by atoms with E-state index < -0.39 is 0 Å². The minimum atomic E-state index is 0.837. The molecule has 1 saturated carbocycles. The number of fused-ring (bicyclic) bond motifs is 1. The van der Waals surface area contributed by atoms with Gasteiger partial charge in [0.1, 0.15) is 0 Å². The fourth-order valence-corrected chi connectivity index (χ4v) is 2.37. The van der Waals surface area contributed by atoms with E-state index >= 15 is 0 Å². The van der Waals surface area contributed by atoms with Crippen molar-refractivity contribution in [1.82, 2.24) is 4.98 Å². The number of rotatable bonds is 3. The van der Waals surface area contributed by atoms with Gasteiger partial charge in [-0.2, -0.15) is 0 Å². The largest absolute Gasteiger partial charge is 0.385 e. The van der Waals surface area contributed by atoms with Crippen LogP contribution >= 0.6 is 0 Å². The molecule has 0 aromatic carbocycles. The Morgan fingerprint density at radius 1 is 1.29 bits per heavy atom. The molecule has 1 N–H and O–H groups in total. The van der Waals surface area contributed by atoms with E-state index in [9.17, 15) is 0 Å². The Labute approximate surface area is 83.5 Å². The van der Waals surface area contributed by atoms with Crippen LogP contribution in [0.4, 0.5) is 5.69 Å². The number of hydrogen-bond donors (Lipinski definition) is 1. The van der Waals surface area contributed by atoms with Crippen molar-refractivity contribution in [2.24, 2.45) is 17.8 Å². The molecule has 1 aliphatic heterocycles. The van der Waals surface area contributed by atoms with Gasteiger partial charge in [-0.1, -0.05) is 0 Å². The van der Waals surface area contributed by atoms with E-state index in [4.69, 9.17) is 4.74 Å². The summed E-state index contributed by atoms with van der Waals surface area (Å²) in [5, 5.41) is 3.44. The molecule has 3 rings (SSSR count).